The van der Waals surface area contributed by atoms with Crippen LogP contribution in [-0.4, -0.2) is 32.7 Å². The van der Waals surface area contributed by atoms with Gasteiger partial charge in [-0.05, 0) is 48.0 Å². The van der Waals surface area contributed by atoms with Crippen molar-refractivity contribution in [3.05, 3.63) is 64.0 Å². The van der Waals surface area contributed by atoms with Gasteiger partial charge in [0.15, 0.2) is 0 Å². The van der Waals surface area contributed by atoms with E-state index in [-0.39, 0.29) is 10.2 Å². The molecule has 26 heavy (non-hydrogen) atoms. The van der Waals surface area contributed by atoms with Gasteiger partial charge in [-0.3, -0.25) is 14.5 Å². The lowest BCUT2D eigenvalue weighted by Gasteiger charge is -2.10. The number of rotatable bonds is 5. The van der Waals surface area contributed by atoms with E-state index in [1.807, 2.05) is 48.5 Å². The van der Waals surface area contributed by atoms with Crippen molar-refractivity contribution in [2.75, 3.05) is 6.54 Å². The number of carboxylic acid groups (broad SMARTS) is 1. The van der Waals surface area contributed by atoms with E-state index in [1.54, 1.807) is 17.8 Å². The van der Waals surface area contributed by atoms with E-state index >= 15 is 0 Å². The summed E-state index contributed by atoms with van der Waals surface area (Å²) in [7, 11) is 0. The minimum absolute atomic E-state index is 0.263. The second-order valence-corrected chi connectivity index (χ2v) is 8.55. The molecule has 0 unspecified atom stereocenters. The maximum Gasteiger partial charge on any atom is 0.323 e. The molecule has 4 nitrogen and oxygen atoms in total. The fourth-order valence-electron chi connectivity index (χ4n) is 2.19. The molecular formula is C18H12ClNO3S3. The van der Waals surface area contributed by atoms with E-state index in [0.717, 1.165) is 32.0 Å². The van der Waals surface area contributed by atoms with Crippen molar-refractivity contribution in [2.24, 2.45) is 0 Å². The lowest BCUT2D eigenvalue weighted by molar-refractivity contribution is -0.140. The minimum Gasteiger partial charge on any atom is -0.480 e. The molecule has 132 valence electrons. The second-order valence-electron chi connectivity index (χ2n) is 5.29. The average molecular weight is 422 g/mol. The van der Waals surface area contributed by atoms with Crippen LogP contribution in [0, 0.1) is 0 Å². The van der Waals surface area contributed by atoms with Gasteiger partial charge in [-0.15, -0.1) is 0 Å². The number of thiocarbonyl (C=S) groups is 1. The zero-order chi connectivity index (χ0) is 18.7. The van der Waals surface area contributed by atoms with Gasteiger partial charge in [-0.2, -0.15) is 0 Å². The van der Waals surface area contributed by atoms with E-state index in [9.17, 15) is 9.59 Å². The first-order chi connectivity index (χ1) is 12.4. The van der Waals surface area contributed by atoms with E-state index in [1.165, 1.54) is 0 Å². The Balaban J connectivity index is 1.71. The van der Waals surface area contributed by atoms with Crippen molar-refractivity contribution in [2.45, 2.75) is 9.79 Å². The third-order valence-electron chi connectivity index (χ3n) is 3.39. The van der Waals surface area contributed by atoms with Crippen LogP contribution >= 0.6 is 47.3 Å². The van der Waals surface area contributed by atoms with Crippen molar-refractivity contribution in [3.63, 3.8) is 0 Å². The van der Waals surface area contributed by atoms with Gasteiger partial charge in [0.2, 0.25) is 0 Å². The third-order valence-corrected chi connectivity index (χ3v) is 6.04. The van der Waals surface area contributed by atoms with Crippen molar-refractivity contribution in [1.82, 2.24) is 4.90 Å². The molecule has 3 rings (SSSR count). The average Bonchev–Trinajstić information content (AvgIpc) is 2.86. The van der Waals surface area contributed by atoms with Crippen LogP contribution in [0.25, 0.3) is 6.08 Å². The van der Waals surface area contributed by atoms with E-state index < -0.39 is 12.5 Å². The monoisotopic (exact) mass is 421 g/mol. The Morgan fingerprint density at radius 1 is 1.15 bits per heavy atom. The minimum atomic E-state index is -1.09. The standard InChI is InChI=1S/C18H12ClNO3S3/c19-12-3-7-14(8-4-12)25-13-5-1-11(2-6-13)9-15-17(23)20(10-16(21)22)18(24)26-15/h1-9H,10H2,(H,21,22). The van der Waals surface area contributed by atoms with Crippen LogP contribution in [0.15, 0.2) is 63.2 Å². The molecule has 0 aromatic heterocycles. The highest BCUT2D eigenvalue weighted by Crippen LogP contribution is 2.33. The molecule has 0 bridgehead atoms. The van der Waals surface area contributed by atoms with Gasteiger partial charge in [-0.25, -0.2) is 0 Å². The summed E-state index contributed by atoms with van der Waals surface area (Å²) in [6, 6.07) is 15.3. The summed E-state index contributed by atoms with van der Waals surface area (Å²) in [6.45, 7) is -0.418. The first kappa shape index (κ1) is 19.0. The highest BCUT2D eigenvalue weighted by molar-refractivity contribution is 8.26. The van der Waals surface area contributed by atoms with Gasteiger partial charge in [0, 0.05) is 14.8 Å². The molecule has 1 fully saturated rings. The van der Waals surface area contributed by atoms with E-state index in [4.69, 9.17) is 28.9 Å². The quantitative estimate of drug-likeness (QED) is 0.554. The van der Waals surface area contributed by atoms with Crippen molar-refractivity contribution >= 4 is 69.6 Å². The Labute approximate surface area is 169 Å². The zero-order valence-electron chi connectivity index (χ0n) is 13.2. The predicted octanol–water partition coefficient (Wildman–Crippen LogP) is 4.78. The van der Waals surface area contributed by atoms with Gasteiger partial charge in [0.25, 0.3) is 5.91 Å². The summed E-state index contributed by atoms with van der Waals surface area (Å²) < 4.78 is 0.263. The molecule has 1 amide bonds. The van der Waals surface area contributed by atoms with Crippen LogP contribution in [0.4, 0.5) is 0 Å². The number of amides is 1. The van der Waals surface area contributed by atoms with E-state index in [0.29, 0.717) is 9.93 Å². The Morgan fingerprint density at radius 3 is 2.31 bits per heavy atom. The summed E-state index contributed by atoms with van der Waals surface area (Å²) in [6.07, 6.45) is 1.72. The Bertz CT molecular complexity index is 895. The fourth-order valence-corrected chi connectivity index (χ4v) is 4.39. The molecule has 0 saturated carbocycles. The van der Waals surface area contributed by atoms with Crippen LogP contribution in [0.5, 0.6) is 0 Å². The molecule has 0 radical (unpaired) electrons. The molecule has 0 spiro atoms. The molecule has 1 heterocycles. The maximum atomic E-state index is 12.3. The smallest absolute Gasteiger partial charge is 0.323 e. The van der Waals surface area contributed by atoms with Gasteiger partial charge in [0.1, 0.15) is 10.9 Å². The number of carbonyl (C=O) groups is 2. The van der Waals surface area contributed by atoms with Gasteiger partial charge in [0.05, 0.1) is 4.91 Å². The molecule has 1 aliphatic rings. The highest BCUT2D eigenvalue weighted by Gasteiger charge is 2.33. The molecule has 8 heteroatoms. The molecule has 1 aliphatic heterocycles. The number of halogens is 1. The maximum absolute atomic E-state index is 12.3. The molecular weight excluding hydrogens is 410 g/mol. The molecule has 2 aromatic carbocycles. The van der Waals surface area contributed by atoms with Crippen LogP contribution in [0.3, 0.4) is 0 Å². The number of carbonyl (C=O) groups excluding carboxylic acids is 1. The van der Waals surface area contributed by atoms with Crippen molar-refractivity contribution < 1.29 is 14.7 Å². The summed E-state index contributed by atoms with van der Waals surface area (Å²) in [5.74, 6) is -1.46. The lowest BCUT2D eigenvalue weighted by atomic mass is 10.2. The Hall–Kier alpha value is -1.80. The number of carboxylic acids is 1. The summed E-state index contributed by atoms with van der Waals surface area (Å²) in [5, 5.41) is 9.56. The van der Waals surface area contributed by atoms with Crippen LogP contribution < -0.4 is 0 Å². The Morgan fingerprint density at radius 2 is 1.73 bits per heavy atom. The summed E-state index contributed by atoms with van der Waals surface area (Å²) >= 11 is 13.7. The normalized spacial score (nSPS) is 15.7. The number of aliphatic carboxylic acids is 1. The summed E-state index contributed by atoms with van der Waals surface area (Å²) in [4.78, 5) is 26.7. The second kappa shape index (κ2) is 8.26. The molecule has 2 aromatic rings. The first-order valence-electron chi connectivity index (χ1n) is 7.43. The SMILES string of the molecule is O=C(O)CN1C(=O)C(=Cc2ccc(Sc3ccc(Cl)cc3)cc2)SC1=S. The van der Waals surface area contributed by atoms with Gasteiger partial charge >= 0.3 is 5.97 Å². The topological polar surface area (TPSA) is 57.6 Å². The van der Waals surface area contributed by atoms with Gasteiger partial charge < -0.3 is 5.11 Å². The zero-order valence-corrected chi connectivity index (χ0v) is 16.4. The van der Waals surface area contributed by atoms with Crippen LogP contribution in [0.2, 0.25) is 5.02 Å². The number of nitrogens with zero attached hydrogens (tertiary/aromatic N) is 1. The molecule has 1 saturated heterocycles. The van der Waals surface area contributed by atoms with E-state index in [2.05, 4.69) is 0 Å². The van der Waals surface area contributed by atoms with Crippen LogP contribution in [0.1, 0.15) is 5.56 Å². The Kier molecular flexibility index (Phi) is 6.03. The fraction of sp³-hybridized carbons (Fsp3) is 0.0556. The predicted molar refractivity (Wildman–Crippen MR) is 110 cm³/mol. The number of hydrogen-bond acceptors (Lipinski definition) is 5. The number of hydrogen-bond donors (Lipinski definition) is 1. The van der Waals surface area contributed by atoms with Gasteiger partial charge in [-0.1, -0.05) is 59.5 Å². The molecule has 0 atom stereocenters. The number of thioether (sulfide) groups is 1. The molecule has 1 N–H and O–H groups in total. The number of benzene rings is 2. The highest BCUT2D eigenvalue weighted by atomic mass is 35.5. The molecule has 0 aliphatic carbocycles. The van der Waals surface area contributed by atoms with Crippen molar-refractivity contribution in [1.29, 1.82) is 0 Å². The van der Waals surface area contributed by atoms with Crippen LogP contribution in [-0.2, 0) is 9.59 Å². The first-order valence-corrected chi connectivity index (χ1v) is 9.85. The largest absolute Gasteiger partial charge is 0.480 e. The third kappa shape index (κ3) is 4.67. The van der Waals surface area contributed by atoms with Crippen molar-refractivity contribution in [3.8, 4) is 0 Å². The summed E-state index contributed by atoms with van der Waals surface area (Å²) in [5.41, 5.74) is 0.848. The lowest BCUT2D eigenvalue weighted by Crippen LogP contribution is -2.33.